The molecule has 0 aliphatic rings. The van der Waals surface area contributed by atoms with Gasteiger partial charge in [0.15, 0.2) is 0 Å². The molecule has 29 heavy (non-hydrogen) atoms. The number of anilines is 1. The largest absolute Gasteiger partial charge is 0.462 e. The molecule has 0 aliphatic heterocycles. The van der Waals surface area contributed by atoms with E-state index in [1.54, 1.807) is 38.1 Å². The number of hydrogen-bond acceptors (Lipinski definition) is 5. The Hall–Kier alpha value is -2.71. The molecule has 156 valence electrons. The molecular weight excluding hydrogens is 392 g/mol. The fourth-order valence-electron chi connectivity index (χ4n) is 2.75. The molecule has 2 aromatic rings. The van der Waals surface area contributed by atoms with Gasteiger partial charge in [-0.05, 0) is 56.7 Å². The molecule has 0 unspecified atom stereocenters. The quantitative estimate of drug-likeness (QED) is 0.631. The Balaban J connectivity index is 2.25. The number of para-hydroxylation sites is 1. The minimum atomic E-state index is -3.93. The van der Waals surface area contributed by atoms with Gasteiger partial charge in [-0.25, -0.2) is 13.2 Å². The normalized spacial score (nSPS) is 12.4. The summed E-state index contributed by atoms with van der Waals surface area (Å²) < 4.78 is 32.4. The number of hydrogen-bond donors (Lipinski definition) is 1. The Morgan fingerprint density at radius 3 is 2.21 bits per heavy atom. The second-order valence-corrected chi connectivity index (χ2v) is 8.28. The molecule has 0 spiro atoms. The first-order valence-electron chi connectivity index (χ1n) is 9.46. The summed E-state index contributed by atoms with van der Waals surface area (Å²) in [6.45, 7) is 5.51. The van der Waals surface area contributed by atoms with E-state index in [9.17, 15) is 18.0 Å². The van der Waals surface area contributed by atoms with Gasteiger partial charge in [-0.2, -0.15) is 4.31 Å². The second-order valence-electron chi connectivity index (χ2n) is 6.39. The summed E-state index contributed by atoms with van der Waals surface area (Å²) in [4.78, 5) is 24.4. The van der Waals surface area contributed by atoms with E-state index in [2.05, 4.69) is 5.32 Å². The van der Waals surface area contributed by atoms with Crippen molar-refractivity contribution in [3.63, 3.8) is 0 Å². The highest BCUT2D eigenvalue weighted by Crippen LogP contribution is 2.21. The standard InChI is InChI=1S/C21H26N2O5S/c1-4-15-23(16(3)20(24)22-18-9-7-6-8-10-18)29(26,27)19-13-11-17(12-14-19)21(25)28-5-2/h6-14,16H,4-5,15H2,1-3H3,(H,22,24)/t16-/m0/s1. The number of benzene rings is 2. The molecule has 0 radical (unpaired) electrons. The zero-order chi connectivity index (χ0) is 21.4. The highest BCUT2D eigenvalue weighted by atomic mass is 32.2. The van der Waals surface area contributed by atoms with E-state index in [-0.39, 0.29) is 23.6 Å². The van der Waals surface area contributed by atoms with Crippen molar-refractivity contribution >= 4 is 27.6 Å². The monoisotopic (exact) mass is 418 g/mol. The van der Waals surface area contributed by atoms with Crippen molar-refractivity contribution in [2.45, 2.75) is 38.1 Å². The number of ether oxygens (including phenoxy) is 1. The van der Waals surface area contributed by atoms with E-state index < -0.39 is 27.9 Å². The summed E-state index contributed by atoms with van der Waals surface area (Å²) in [7, 11) is -3.93. The minimum absolute atomic E-state index is 0.0124. The Bertz CT molecular complexity index is 927. The van der Waals surface area contributed by atoms with Crippen molar-refractivity contribution in [3.8, 4) is 0 Å². The number of carbonyl (C=O) groups is 2. The average molecular weight is 419 g/mol. The summed E-state index contributed by atoms with van der Waals surface area (Å²) in [6.07, 6.45) is 0.545. The smallest absolute Gasteiger partial charge is 0.338 e. The molecule has 0 fully saturated rings. The third kappa shape index (κ3) is 5.65. The van der Waals surface area contributed by atoms with Crippen molar-refractivity contribution in [1.82, 2.24) is 4.31 Å². The Labute approximate surface area is 171 Å². The summed E-state index contributed by atoms with van der Waals surface area (Å²) in [5.41, 5.74) is 0.861. The molecule has 0 aliphatic carbocycles. The molecule has 0 aromatic heterocycles. The maximum absolute atomic E-state index is 13.2. The van der Waals surface area contributed by atoms with Gasteiger partial charge in [0.25, 0.3) is 0 Å². The second kappa shape index (κ2) is 10.2. The first-order chi connectivity index (χ1) is 13.8. The number of nitrogens with one attached hydrogen (secondary N) is 1. The number of rotatable bonds is 9. The molecule has 1 N–H and O–H groups in total. The fourth-order valence-corrected chi connectivity index (χ4v) is 4.44. The van der Waals surface area contributed by atoms with Crippen molar-refractivity contribution in [1.29, 1.82) is 0 Å². The average Bonchev–Trinajstić information content (AvgIpc) is 2.72. The lowest BCUT2D eigenvalue weighted by atomic mass is 10.2. The number of amides is 1. The highest BCUT2D eigenvalue weighted by Gasteiger charge is 2.32. The summed E-state index contributed by atoms with van der Waals surface area (Å²) in [5, 5.41) is 2.74. The van der Waals surface area contributed by atoms with Crippen molar-refractivity contribution in [2.24, 2.45) is 0 Å². The molecule has 0 heterocycles. The van der Waals surface area contributed by atoms with Gasteiger partial charge in [0.05, 0.1) is 17.1 Å². The van der Waals surface area contributed by atoms with Gasteiger partial charge in [0, 0.05) is 12.2 Å². The van der Waals surface area contributed by atoms with Crippen molar-refractivity contribution in [3.05, 3.63) is 60.2 Å². The maximum Gasteiger partial charge on any atom is 0.338 e. The van der Waals surface area contributed by atoms with Gasteiger partial charge in [-0.1, -0.05) is 25.1 Å². The van der Waals surface area contributed by atoms with Gasteiger partial charge in [-0.15, -0.1) is 0 Å². The maximum atomic E-state index is 13.2. The van der Waals surface area contributed by atoms with E-state index in [4.69, 9.17) is 4.74 Å². The van der Waals surface area contributed by atoms with Crippen LogP contribution < -0.4 is 5.32 Å². The van der Waals surface area contributed by atoms with Crippen LogP contribution in [-0.2, 0) is 19.6 Å². The van der Waals surface area contributed by atoms with Crippen LogP contribution in [-0.4, -0.2) is 43.8 Å². The number of carbonyl (C=O) groups excluding carboxylic acids is 2. The topological polar surface area (TPSA) is 92.8 Å². The fraction of sp³-hybridized carbons (Fsp3) is 0.333. The van der Waals surface area contributed by atoms with E-state index >= 15 is 0 Å². The molecular formula is C21H26N2O5S. The lowest BCUT2D eigenvalue weighted by molar-refractivity contribution is -0.119. The van der Waals surface area contributed by atoms with Crippen molar-refractivity contribution in [2.75, 3.05) is 18.5 Å². The Kier molecular flexibility index (Phi) is 7.92. The van der Waals surface area contributed by atoms with Crippen LogP contribution in [0.15, 0.2) is 59.5 Å². The van der Waals surface area contributed by atoms with Crippen LogP contribution in [0.25, 0.3) is 0 Å². The predicted molar refractivity (Wildman–Crippen MR) is 111 cm³/mol. The first kappa shape index (κ1) is 22.6. The number of sulfonamides is 1. The van der Waals surface area contributed by atoms with Gasteiger partial charge >= 0.3 is 5.97 Å². The van der Waals surface area contributed by atoms with Crippen LogP contribution in [0.4, 0.5) is 5.69 Å². The zero-order valence-corrected chi connectivity index (χ0v) is 17.6. The molecule has 0 bridgehead atoms. The van der Waals surface area contributed by atoms with Crippen LogP contribution >= 0.6 is 0 Å². The predicted octanol–water partition coefficient (Wildman–Crippen LogP) is 3.29. The molecule has 2 rings (SSSR count). The van der Waals surface area contributed by atoms with Crippen LogP contribution in [0.1, 0.15) is 37.6 Å². The SMILES string of the molecule is CCCN([C@@H](C)C(=O)Nc1ccccc1)S(=O)(=O)c1ccc(C(=O)OCC)cc1. The summed E-state index contributed by atoms with van der Waals surface area (Å²) >= 11 is 0. The molecule has 0 saturated heterocycles. The third-order valence-electron chi connectivity index (χ3n) is 4.27. The van der Waals surface area contributed by atoms with Crippen LogP contribution in [0.3, 0.4) is 0 Å². The highest BCUT2D eigenvalue weighted by molar-refractivity contribution is 7.89. The number of nitrogens with zero attached hydrogens (tertiary/aromatic N) is 1. The van der Waals surface area contributed by atoms with Crippen molar-refractivity contribution < 1.29 is 22.7 Å². The lowest BCUT2D eigenvalue weighted by Crippen LogP contribution is -2.45. The van der Waals surface area contributed by atoms with Crippen LogP contribution in [0.5, 0.6) is 0 Å². The first-order valence-corrected chi connectivity index (χ1v) is 10.9. The van der Waals surface area contributed by atoms with E-state index in [0.717, 1.165) is 0 Å². The van der Waals surface area contributed by atoms with Crippen LogP contribution in [0, 0.1) is 0 Å². The zero-order valence-electron chi connectivity index (χ0n) is 16.8. The Morgan fingerprint density at radius 2 is 1.66 bits per heavy atom. The molecule has 8 heteroatoms. The molecule has 7 nitrogen and oxygen atoms in total. The van der Waals surface area contributed by atoms with Gasteiger partial charge in [-0.3, -0.25) is 4.79 Å². The lowest BCUT2D eigenvalue weighted by Gasteiger charge is -2.27. The third-order valence-corrected chi connectivity index (χ3v) is 6.25. The van der Waals surface area contributed by atoms with Gasteiger partial charge in [0.1, 0.15) is 6.04 Å². The summed E-state index contributed by atoms with van der Waals surface area (Å²) in [6, 6.07) is 13.5. The summed E-state index contributed by atoms with van der Waals surface area (Å²) in [5.74, 6) is -0.936. The minimum Gasteiger partial charge on any atom is -0.462 e. The van der Waals surface area contributed by atoms with Gasteiger partial charge < -0.3 is 10.1 Å². The van der Waals surface area contributed by atoms with Gasteiger partial charge in [0.2, 0.25) is 15.9 Å². The molecule has 1 amide bonds. The number of esters is 1. The molecule has 2 aromatic carbocycles. The van der Waals surface area contributed by atoms with E-state index in [0.29, 0.717) is 12.1 Å². The van der Waals surface area contributed by atoms with E-state index in [1.807, 2.05) is 13.0 Å². The Morgan fingerprint density at radius 1 is 1.03 bits per heavy atom. The van der Waals surface area contributed by atoms with Crippen LogP contribution in [0.2, 0.25) is 0 Å². The van der Waals surface area contributed by atoms with E-state index in [1.165, 1.54) is 28.6 Å². The molecule has 1 atom stereocenters. The molecule has 0 saturated carbocycles.